The van der Waals surface area contributed by atoms with Crippen LogP contribution in [0.15, 0.2) is 60.9 Å². The van der Waals surface area contributed by atoms with E-state index in [2.05, 4.69) is 78.9 Å². The first-order valence-electron chi connectivity index (χ1n) is 20.0. The second kappa shape index (κ2) is 14.9. The van der Waals surface area contributed by atoms with Crippen LogP contribution in [-0.4, -0.2) is 83.7 Å². The van der Waals surface area contributed by atoms with Gasteiger partial charge >= 0.3 is 6.03 Å². The standard InChI is InChI=1S/C44H49ClN8O2/c1-3-30-26-47-43-38(9-8-36(45)42(30)43)52-21-14-32(15-22-52)31-4-6-34(7-5-31)51-19-10-29(11-20-51)28-50-17-12-33(13-18-50)39-25-37-40(49(39)2)24-35(27-46-37)53-23-16-41(54)48-44(53)55/h1,4-9,24-27,29,32-33,47H,10-23,28H2,2H3,(H,48,54,55). The number of aromatic nitrogens is 3. The van der Waals surface area contributed by atoms with Gasteiger partial charge in [0.25, 0.3) is 0 Å². The van der Waals surface area contributed by atoms with Gasteiger partial charge in [0, 0.05) is 81.6 Å². The van der Waals surface area contributed by atoms with Crippen molar-refractivity contribution in [3.63, 3.8) is 0 Å². The van der Waals surface area contributed by atoms with Crippen molar-refractivity contribution in [1.82, 2.24) is 24.8 Å². The molecule has 4 fully saturated rings. The molecule has 10 nitrogen and oxygen atoms in total. The Morgan fingerprint density at radius 3 is 2.31 bits per heavy atom. The minimum atomic E-state index is -0.377. The molecule has 2 aromatic carbocycles. The van der Waals surface area contributed by atoms with Crippen molar-refractivity contribution in [3.8, 4) is 12.3 Å². The average Bonchev–Trinajstić information content (AvgIpc) is 3.80. The molecule has 0 atom stereocenters. The monoisotopic (exact) mass is 756 g/mol. The van der Waals surface area contributed by atoms with E-state index in [1.807, 2.05) is 18.3 Å². The zero-order chi connectivity index (χ0) is 37.6. The minimum Gasteiger partial charge on any atom is -0.372 e. The number of likely N-dealkylation sites (tertiary alicyclic amines) is 1. The van der Waals surface area contributed by atoms with Gasteiger partial charge < -0.3 is 24.3 Å². The number of carbonyl (C=O) groups is 2. The van der Waals surface area contributed by atoms with Gasteiger partial charge in [0.1, 0.15) is 0 Å². The molecule has 4 saturated heterocycles. The number of aryl methyl sites for hydroxylation is 1. The summed E-state index contributed by atoms with van der Waals surface area (Å²) in [6.07, 6.45) is 16.7. The third-order valence-electron chi connectivity index (χ3n) is 12.9. The fourth-order valence-corrected chi connectivity index (χ4v) is 9.95. The number of halogens is 1. The van der Waals surface area contributed by atoms with Crippen LogP contribution in [0.3, 0.4) is 0 Å². The van der Waals surface area contributed by atoms with Gasteiger partial charge in [0.2, 0.25) is 5.91 Å². The summed E-state index contributed by atoms with van der Waals surface area (Å²) < 4.78 is 2.25. The SMILES string of the molecule is C#Cc1c[nH]c2c(N3CCC(c4ccc(N5CCC(CN6CCC(c7cc8ncc(N9CCC(=O)NC9=O)cc8n7C)CC6)CC5)cc4)CC3)ccc(Cl)c12. The topological polar surface area (TPSA) is 92.7 Å². The van der Waals surface area contributed by atoms with Gasteiger partial charge in [-0.25, -0.2) is 4.79 Å². The number of nitrogens with one attached hydrogen (secondary N) is 2. The molecular formula is C44H49ClN8O2. The van der Waals surface area contributed by atoms with Gasteiger partial charge in [-0.1, -0.05) is 29.7 Å². The minimum absolute atomic E-state index is 0.228. The van der Waals surface area contributed by atoms with E-state index in [4.69, 9.17) is 23.0 Å². The molecule has 0 aliphatic carbocycles. The largest absolute Gasteiger partial charge is 0.372 e. The fourth-order valence-electron chi connectivity index (χ4n) is 9.69. The summed E-state index contributed by atoms with van der Waals surface area (Å²) in [5.74, 6) is 4.34. The number of terminal acetylenes is 1. The Kier molecular flexibility index (Phi) is 9.69. The molecule has 0 unspecified atom stereocenters. The lowest BCUT2D eigenvalue weighted by atomic mass is 9.88. The smallest absolute Gasteiger partial charge is 0.328 e. The van der Waals surface area contributed by atoms with E-state index >= 15 is 0 Å². The molecule has 4 aliphatic heterocycles. The summed E-state index contributed by atoms with van der Waals surface area (Å²) in [4.78, 5) is 41.5. The average molecular weight is 757 g/mol. The highest BCUT2D eigenvalue weighted by molar-refractivity contribution is 6.36. The number of anilines is 3. The number of nitrogens with zero attached hydrogens (tertiary/aromatic N) is 6. The van der Waals surface area contributed by atoms with Gasteiger partial charge in [0.05, 0.1) is 44.7 Å². The quantitative estimate of drug-likeness (QED) is 0.166. The molecule has 55 heavy (non-hydrogen) atoms. The second-order valence-electron chi connectivity index (χ2n) is 16.0. The van der Waals surface area contributed by atoms with Crippen LogP contribution in [0.2, 0.25) is 5.02 Å². The van der Waals surface area contributed by atoms with Crippen molar-refractivity contribution in [2.24, 2.45) is 13.0 Å². The lowest BCUT2D eigenvalue weighted by Crippen LogP contribution is -2.49. The Balaban J connectivity index is 0.740. The van der Waals surface area contributed by atoms with Crippen LogP contribution in [0.4, 0.5) is 21.9 Å². The van der Waals surface area contributed by atoms with Crippen LogP contribution in [0, 0.1) is 18.3 Å². The van der Waals surface area contributed by atoms with Crippen LogP contribution in [-0.2, 0) is 11.8 Å². The maximum Gasteiger partial charge on any atom is 0.328 e. The molecule has 0 spiro atoms. The van der Waals surface area contributed by atoms with Gasteiger partial charge in [-0.05, 0) is 105 Å². The van der Waals surface area contributed by atoms with Crippen molar-refractivity contribution in [2.45, 2.75) is 56.8 Å². The first-order chi connectivity index (χ1) is 26.8. The molecule has 7 heterocycles. The number of pyridine rings is 1. The van der Waals surface area contributed by atoms with Gasteiger partial charge in [-0.2, -0.15) is 0 Å². The van der Waals surface area contributed by atoms with E-state index in [-0.39, 0.29) is 11.9 Å². The number of amides is 3. The molecule has 5 aromatic rings. The molecule has 0 radical (unpaired) electrons. The van der Waals surface area contributed by atoms with Crippen LogP contribution in [0.5, 0.6) is 0 Å². The van der Waals surface area contributed by atoms with Crippen molar-refractivity contribution in [1.29, 1.82) is 0 Å². The number of carbonyl (C=O) groups excluding carboxylic acids is 2. The maximum absolute atomic E-state index is 12.4. The Labute approximate surface area is 327 Å². The third kappa shape index (κ3) is 6.93. The van der Waals surface area contributed by atoms with Crippen LogP contribution in [0.25, 0.3) is 21.9 Å². The number of imide groups is 1. The molecule has 9 rings (SSSR count). The van der Waals surface area contributed by atoms with Crippen LogP contribution in [0.1, 0.15) is 73.6 Å². The number of rotatable bonds is 7. The van der Waals surface area contributed by atoms with E-state index < -0.39 is 0 Å². The highest BCUT2D eigenvalue weighted by Crippen LogP contribution is 2.38. The van der Waals surface area contributed by atoms with E-state index in [1.165, 1.54) is 42.0 Å². The predicted molar refractivity (Wildman–Crippen MR) is 221 cm³/mol. The summed E-state index contributed by atoms with van der Waals surface area (Å²) in [6, 6.07) is 17.4. The number of fused-ring (bicyclic) bond motifs is 2. The normalized spacial score (nSPS) is 19.8. The zero-order valence-corrected chi connectivity index (χ0v) is 32.3. The van der Waals surface area contributed by atoms with Gasteiger partial charge in [0.15, 0.2) is 0 Å². The second-order valence-corrected chi connectivity index (χ2v) is 16.4. The number of aromatic amines is 1. The zero-order valence-electron chi connectivity index (χ0n) is 31.6. The highest BCUT2D eigenvalue weighted by atomic mass is 35.5. The van der Waals surface area contributed by atoms with Crippen molar-refractivity contribution < 1.29 is 9.59 Å². The van der Waals surface area contributed by atoms with E-state index in [0.717, 1.165) is 104 Å². The van der Waals surface area contributed by atoms with E-state index in [9.17, 15) is 9.59 Å². The molecular weight excluding hydrogens is 708 g/mol. The van der Waals surface area contributed by atoms with Crippen molar-refractivity contribution >= 4 is 62.5 Å². The Hall–Kier alpha value is -4.98. The molecule has 0 bridgehead atoms. The van der Waals surface area contributed by atoms with Gasteiger partial charge in [-0.3, -0.25) is 20.0 Å². The van der Waals surface area contributed by atoms with E-state index in [1.54, 1.807) is 11.1 Å². The summed E-state index contributed by atoms with van der Waals surface area (Å²) in [6.45, 7) is 8.06. The number of hydrogen-bond donors (Lipinski definition) is 2. The van der Waals surface area contributed by atoms with Crippen LogP contribution < -0.4 is 20.0 Å². The van der Waals surface area contributed by atoms with Crippen LogP contribution >= 0.6 is 11.6 Å². The Morgan fingerprint density at radius 1 is 0.855 bits per heavy atom. The summed E-state index contributed by atoms with van der Waals surface area (Å²) >= 11 is 6.52. The molecule has 2 N–H and O–H groups in total. The van der Waals surface area contributed by atoms with E-state index in [0.29, 0.717) is 29.8 Å². The molecule has 284 valence electrons. The Morgan fingerprint density at radius 2 is 1.58 bits per heavy atom. The van der Waals surface area contributed by atoms with Crippen molar-refractivity contribution in [2.75, 3.05) is 67.1 Å². The number of piperidine rings is 3. The number of hydrogen-bond acceptors (Lipinski definition) is 6. The molecule has 4 aliphatic rings. The number of benzene rings is 2. The molecule has 0 saturated carbocycles. The third-order valence-corrected chi connectivity index (χ3v) is 13.2. The molecule has 3 aromatic heterocycles. The predicted octanol–water partition coefficient (Wildman–Crippen LogP) is 7.62. The summed E-state index contributed by atoms with van der Waals surface area (Å²) in [7, 11) is 2.11. The maximum atomic E-state index is 12.4. The Bertz CT molecular complexity index is 2260. The first kappa shape index (κ1) is 35.7. The van der Waals surface area contributed by atoms with Gasteiger partial charge in [-0.15, -0.1) is 6.42 Å². The lowest BCUT2D eigenvalue weighted by molar-refractivity contribution is -0.120. The lowest BCUT2D eigenvalue weighted by Gasteiger charge is -2.38. The molecule has 3 amide bonds. The summed E-state index contributed by atoms with van der Waals surface area (Å²) in [5.41, 5.74) is 9.87. The van der Waals surface area contributed by atoms with Crippen molar-refractivity contribution in [3.05, 3.63) is 82.8 Å². The molecule has 11 heteroatoms. The number of urea groups is 1. The number of H-pyrrole nitrogens is 1. The summed E-state index contributed by atoms with van der Waals surface area (Å²) in [5, 5.41) is 4.06. The fraction of sp³-hybridized carbons (Fsp3) is 0.432. The highest BCUT2D eigenvalue weighted by Gasteiger charge is 2.29. The first-order valence-corrected chi connectivity index (χ1v) is 20.4.